The van der Waals surface area contributed by atoms with Crippen molar-refractivity contribution in [1.29, 1.82) is 0 Å². The van der Waals surface area contributed by atoms with Gasteiger partial charge in [0.15, 0.2) is 0 Å². The second-order valence-corrected chi connectivity index (χ2v) is 6.61. The molecule has 19 heavy (non-hydrogen) atoms. The van der Waals surface area contributed by atoms with Gasteiger partial charge in [-0.15, -0.1) is 0 Å². The molecule has 0 amide bonds. The highest BCUT2D eigenvalue weighted by Gasteiger charge is 2.38. The zero-order chi connectivity index (χ0) is 14.0. The summed E-state index contributed by atoms with van der Waals surface area (Å²) in [6, 6.07) is 4.69. The number of aliphatic hydroxyl groups excluding tert-OH is 1. The molecule has 0 aliphatic heterocycles. The van der Waals surface area contributed by atoms with E-state index in [0.717, 1.165) is 18.4 Å². The van der Waals surface area contributed by atoms with Gasteiger partial charge in [-0.3, -0.25) is 0 Å². The minimum absolute atomic E-state index is 0.316. The summed E-state index contributed by atoms with van der Waals surface area (Å²) in [4.78, 5) is 0. The van der Waals surface area contributed by atoms with Crippen molar-refractivity contribution in [3.8, 4) is 0 Å². The van der Waals surface area contributed by atoms with Crippen LogP contribution in [0, 0.1) is 11.7 Å². The Labute approximate surface area is 121 Å². The van der Waals surface area contributed by atoms with E-state index in [2.05, 4.69) is 22.9 Å². The molecule has 0 spiro atoms. The summed E-state index contributed by atoms with van der Waals surface area (Å²) in [6.07, 6.45) is 2.72. The first kappa shape index (κ1) is 14.9. The molecule has 1 aliphatic rings. The topological polar surface area (TPSA) is 40.5 Å². The first-order valence-electron chi connectivity index (χ1n) is 6.75. The molecule has 1 unspecified atom stereocenters. The molecule has 2 rings (SSSR count). The molecule has 0 heterocycles. The lowest BCUT2D eigenvalue weighted by Gasteiger charge is -2.38. The maximum Gasteiger partial charge on any atom is 0.137 e. The molecule has 1 atom stereocenters. The van der Waals surface area contributed by atoms with Crippen molar-refractivity contribution in [2.45, 2.75) is 50.7 Å². The lowest BCUT2D eigenvalue weighted by molar-refractivity contribution is -0.102. The summed E-state index contributed by atoms with van der Waals surface area (Å²) >= 11 is 3.13. The van der Waals surface area contributed by atoms with Crippen LogP contribution in [0.25, 0.3) is 0 Å². The van der Waals surface area contributed by atoms with Crippen molar-refractivity contribution < 1.29 is 14.6 Å². The zero-order valence-electron chi connectivity index (χ0n) is 11.1. The molecule has 0 saturated heterocycles. The van der Waals surface area contributed by atoms with Crippen molar-refractivity contribution >= 4 is 15.9 Å². The predicted octanol–water partition coefficient (Wildman–Crippen LogP) is 3.43. The van der Waals surface area contributed by atoms with Crippen LogP contribution in [0.2, 0.25) is 0 Å². The van der Waals surface area contributed by atoms with Crippen LogP contribution in [0.4, 0.5) is 4.39 Å². The van der Waals surface area contributed by atoms with Gasteiger partial charge in [0, 0.05) is 6.42 Å². The summed E-state index contributed by atoms with van der Waals surface area (Å²) in [5.41, 5.74) is -0.166. The average Bonchev–Trinajstić information content (AvgIpc) is 2.37. The van der Waals surface area contributed by atoms with Gasteiger partial charge in [-0.2, -0.15) is 0 Å². The maximum atomic E-state index is 13.2. The number of rotatable bonds is 3. The summed E-state index contributed by atoms with van der Waals surface area (Å²) in [5.74, 6) is 0.302. The Morgan fingerprint density at radius 1 is 1.42 bits per heavy atom. The monoisotopic (exact) mass is 330 g/mol. The van der Waals surface area contributed by atoms with Gasteiger partial charge in [-0.05, 0) is 65.2 Å². The molecule has 1 aromatic carbocycles. The average molecular weight is 331 g/mol. The standard InChI is InChI=1S/C15H20BrFO2/c1-10-4-6-15(19,7-5-10)14(18)9-11-2-3-13(17)12(16)8-11/h2-3,8,10,14,18-19H,4-7,9H2,1H3. The Balaban J connectivity index is 2.03. The SMILES string of the molecule is CC1CCC(O)(C(O)Cc2ccc(F)c(Br)c2)CC1. The highest BCUT2D eigenvalue weighted by molar-refractivity contribution is 9.10. The van der Waals surface area contributed by atoms with Gasteiger partial charge in [0.2, 0.25) is 0 Å². The molecule has 0 bridgehead atoms. The Hall–Kier alpha value is -0.450. The molecular formula is C15H20BrFO2. The summed E-state index contributed by atoms with van der Waals surface area (Å²) < 4.78 is 13.5. The largest absolute Gasteiger partial charge is 0.390 e. The van der Waals surface area contributed by atoms with Gasteiger partial charge in [0.25, 0.3) is 0 Å². The van der Waals surface area contributed by atoms with Crippen molar-refractivity contribution in [3.63, 3.8) is 0 Å². The van der Waals surface area contributed by atoms with E-state index in [1.807, 2.05) is 0 Å². The van der Waals surface area contributed by atoms with Gasteiger partial charge in [0.05, 0.1) is 16.2 Å². The van der Waals surface area contributed by atoms with Gasteiger partial charge in [0.1, 0.15) is 5.82 Å². The molecule has 2 N–H and O–H groups in total. The number of aliphatic hydroxyl groups is 2. The molecule has 0 radical (unpaired) electrons. The van der Waals surface area contributed by atoms with Crippen molar-refractivity contribution in [3.05, 3.63) is 34.1 Å². The predicted molar refractivity (Wildman–Crippen MR) is 76.4 cm³/mol. The van der Waals surface area contributed by atoms with E-state index >= 15 is 0 Å². The van der Waals surface area contributed by atoms with Crippen LogP contribution < -0.4 is 0 Å². The van der Waals surface area contributed by atoms with E-state index in [4.69, 9.17) is 0 Å². The Kier molecular flexibility index (Phi) is 4.64. The molecule has 1 aliphatic carbocycles. The fraction of sp³-hybridized carbons (Fsp3) is 0.600. The summed E-state index contributed by atoms with van der Waals surface area (Å²) in [7, 11) is 0. The van der Waals surface area contributed by atoms with Gasteiger partial charge < -0.3 is 10.2 Å². The van der Waals surface area contributed by atoms with E-state index in [-0.39, 0.29) is 5.82 Å². The Morgan fingerprint density at radius 3 is 2.63 bits per heavy atom. The fourth-order valence-electron chi connectivity index (χ4n) is 2.68. The lowest BCUT2D eigenvalue weighted by Crippen LogP contribution is -2.46. The van der Waals surface area contributed by atoms with Crippen LogP contribution in [0.3, 0.4) is 0 Å². The van der Waals surface area contributed by atoms with Crippen LogP contribution in [0.15, 0.2) is 22.7 Å². The van der Waals surface area contributed by atoms with Gasteiger partial charge >= 0.3 is 0 Å². The van der Waals surface area contributed by atoms with Crippen LogP contribution in [-0.2, 0) is 6.42 Å². The minimum atomic E-state index is -0.993. The van der Waals surface area contributed by atoms with Gasteiger partial charge in [-0.1, -0.05) is 13.0 Å². The number of benzene rings is 1. The van der Waals surface area contributed by atoms with Crippen LogP contribution >= 0.6 is 15.9 Å². The van der Waals surface area contributed by atoms with Crippen molar-refractivity contribution in [2.24, 2.45) is 5.92 Å². The smallest absolute Gasteiger partial charge is 0.137 e. The van der Waals surface area contributed by atoms with E-state index in [1.54, 1.807) is 12.1 Å². The molecule has 1 saturated carbocycles. The third-order valence-electron chi connectivity index (χ3n) is 4.17. The summed E-state index contributed by atoms with van der Waals surface area (Å²) in [6.45, 7) is 2.17. The molecule has 1 fully saturated rings. The third kappa shape index (κ3) is 3.56. The molecule has 1 aromatic rings. The normalized spacial score (nSPS) is 29.2. The molecule has 0 aromatic heterocycles. The number of hydrogen-bond donors (Lipinski definition) is 2. The highest BCUT2D eigenvalue weighted by Crippen LogP contribution is 2.35. The Bertz CT molecular complexity index is 442. The fourth-order valence-corrected chi connectivity index (χ4v) is 3.10. The third-order valence-corrected chi connectivity index (χ3v) is 4.78. The lowest BCUT2D eigenvalue weighted by atomic mass is 9.75. The van der Waals surface area contributed by atoms with Crippen LogP contribution in [0.1, 0.15) is 38.2 Å². The molecule has 4 heteroatoms. The first-order valence-corrected chi connectivity index (χ1v) is 7.54. The van der Waals surface area contributed by atoms with E-state index in [1.165, 1.54) is 6.07 Å². The molecule has 106 valence electrons. The van der Waals surface area contributed by atoms with Crippen LogP contribution in [-0.4, -0.2) is 21.9 Å². The quantitative estimate of drug-likeness (QED) is 0.891. The minimum Gasteiger partial charge on any atom is -0.390 e. The zero-order valence-corrected chi connectivity index (χ0v) is 12.7. The molecular weight excluding hydrogens is 311 g/mol. The molecule has 2 nitrogen and oxygen atoms in total. The highest BCUT2D eigenvalue weighted by atomic mass is 79.9. The van der Waals surface area contributed by atoms with Crippen molar-refractivity contribution in [1.82, 2.24) is 0 Å². The Morgan fingerprint density at radius 2 is 2.05 bits per heavy atom. The van der Waals surface area contributed by atoms with Gasteiger partial charge in [-0.25, -0.2) is 4.39 Å². The number of halogens is 2. The van der Waals surface area contributed by atoms with E-state index in [0.29, 0.717) is 29.7 Å². The van der Waals surface area contributed by atoms with Crippen LogP contribution in [0.5, 0.6) is 0 Å². The first-order chi connectivity index (χ1) is 8.90. The van der Waals surface area contributed by atoms with Crippen molar-refractivity contribution in [2.75, 3.05) is 0 Å². The summed E-state index contributed by atoms with van der Waals surface area (Å²) in [5, 5.41) is 20.8. The van der Waals surface area contributed by atoms with E-state index in [9.17, 15) is 14.6 Å². The number of hydrogen-bond acceptors (Lipinski definition) is 2. The van der Waals surface area contributed by atoms with E-state index < -0.39 is 11.7 Å². The second kappa shape index (κ2) is 5.90. The maximum absolute atomic E-state index is 13.2. The second-order valence-electron chi connectivity index (χ2n) is 5.75.